The van der Waals surface area contributed by atoms with Gasteiger partial charge in [-0.2, -0.15) is 15.0 Å². The van der Waals surface area contributed by atoms with Crippen LogP contribution in [0.3, 0.4) is 0 Å². The van der Waals surface area contributed by atoms with Gasteiger partial charge in [0.2, 0.25) is 11.9 Å². The molecule has 246 valence electrons. The maximum absolute atomic E-state index is 5.69. The third-order valence-corrected chi connectivity index (χ3v) is 9.55. The lowest BCUT2D eigenvalue weighted by molar-refractivity contribution is 0.0373. The molecule has 0 bridgehead atoms. The van der Waals surface area contributed by atoms with E-state index in [2.05, 4.69) is 115 Å². The van der Waals surface area contributed by atoms with E-state index in [4.69, 9.17) is 19.7 Å². The Kier molecular flexibility index (Phi) is 9.84. The first-order valence-electron chi connectivity index (χ1n) is 16.9. The molecule has 4 heterocycles. The molecule has 0 spiro atoms. The van der Waals surface area contributed by atoms with Gasteiger partial charge in [-0.3, -0.25) is 4.90 Å². The molecule has 0 aromatic carbocycles. The van der Waals surface area contributed by atoms with Gasteiger partial charge in [0.05, 0.1) is 19.9 Å². The molecule has 2 N–H and O–H groups in total. The summed E-state index contributed by atoms with van der Waals surface area (Å²) in [4.78, 5) is 23.3. The van der Waals surface area contributed by atoms with E-state index in [1.807, 2.05) is 0 Å². The van der Waals surface area contributed by atoms with Crippen molar-refractivity contribution in [3.05, 3.63) is 5.82 Å². The Balaban J connectivity index is 1.84. The number of nitrogens with zero attached hydrogens (tertiary/aromatic N) is 6. The number of ether oxygens (including phenoxy) is 1. The smallest absolute Gasteiger partial charge is 0.231 e. The molecule has 9 nitrogen and oxygen atoms in total. The predicted molar refractivity (Wildman–Crippen MR) is 179 cm³/mol. The lowest BCUT2D eigenvalue weighted by atomic mass is 9.78. The van der Waals surface area contributed by atoms with Gasteiger partial charge >= 0.3 is 0 Å². The molecule has 0 aliphatic carbocycles. The van der Waals surface area contributed by atoms with Crippen molar-refractivity contribution in [2.75, 3.05) is 42.8 Å². The van der Waals surface area contributed by atoms with E-state index in [1.165, 1.54) is 0 Å². The molecular formula is C34H64N8O. The highest BCUT2D eigenvalue weighted by Crippen LogP contribution is 2.37. The summed E-state index contributed by atoms with van der Waals surface area (Å²) in [7, 11) is 0. The van der Waals surface area contributed by atoms with Crippen molar-refractivity contribution >= 4 is 11.9 Å². The van der Waals surface area contributed by atoms with Crippen LogP contribution in [0.5, 0.6) is 0 Å². The van der Waals surface area contributed by atoms with E-state index in [0.717, 1.165) is 69.6 Å². The van der Waals surface area contributed by atoms with Crippen molar-refractivity contribution in [2.24, 2.45) is 0 Å². The molecule has 3 fully saturated rings. The van der Waals surface area contributed by atoms with Crippen molar-refractivity contribution < 1.29 is 4.74 Å². The third-order valence-electron chi connectivity index (χ3n) is 9.55. The minimum atomic E-state index is -0.198. The van der Waals surface area contributed by atoms with Gasteiger partial charge in [-0.1, -0.05) is 27.7 Å². The van der Waals surface area contributed by atoms with Gasteiger partial charge in [-0.25, -0.2) is 0 Å². The summed E-state index contributed by atoms with van der Waals surface area (Å²) >= 11 is 0. The second kappa shape index (κ2) is 12.3. The molecule has 1 unspecified atom stereocenters. The summed E-state index contributed by atoms with van der Waals surface area (Å²) in [6.07, 6.45) is 5.38. The third kappa shape index (κ3) is 8.80. The molecule has 3 aliphatic rings. The Morgan fingerprint density at radius 3 is 1.77 bits per heavy atom. The number of rotatable bonds is 8. The number of nitrogens with one attached hydrogen (secondary N) is 2. The summed E-state index contributed by atoms with van der Waals surface area (Å²) in [6, 6.07) is 1.17. The maximum Gasteiger partial charge on any atom is 0.231 e. The molecule has 0 saturated carbocycles. The minimum absolute atomic E-state index is 0.00244. The van der Waals surface area contributed by atoms with Crippen LogP contribution in [0.1, 0.15) is 128 Å². The zero-order chi connectivity index (χ0) is 32.0. The fourth-order valence-corrected chi connectivity index (χ4v) is 8.08. The van der Waals surface area contributed by atoms with Crippen LogP contribution in [0.4, 0.5) is 11.9 Å². The lowest BCUT2D eigenvalue weighted by Gasteiger charge is -2.54. The molecule has 43 heavy (non-hydrogen) atoms. The summed E-state index contributed by atoms with van der Waals surface area (Å²) in [6.45, 7) is 34.0. The number of morpholine rings is 1. The van der Waals surface area contributed by atoms with Crippen LogP contribution in [0, 0.1) is 0 Å². The Bertz CT molecular complexity index is 1060. The highest BCUT2D eigenvalue weighted by molar-refractivity contribution is 5.42. The molecule has 9 heteroatoms. The number of hydrogen-bond donors (Lipinski definition) is 2. The first kappa shape index (κ1) is 34.3. The Hall–Kier alpha value is -1.55. The van der Waals surface area contributed by atoms with Crippen LogP contribution in [0.25, 0.3) is 0 Å². The van der Waals surface area contributed by atoms with E-state index in [-0.39, 0.29) is 33.6 Å². The first-order valence-corrected chi connectivity index (χ1v) is 16.9. The maximum atomic E-state index is 5.69. The van der Waals surface area contributed by atoms with Gasteiger partial charge in [0.15, 0.2) is 0 Å². The molecule has 3 saturated heterocycles. The van der Waals surface area contributed by atoms with Crippen molar-refractivity contribution in [3.63, 3.8) is 0 Å². The molecule has 0 amide bonds. The fourth-order valence-electron chi connectivity index (χ4n) is 8.08. The van der Waals surface area contributed by atoms with Crippen LogP contribution in [-0.2, 0) is 10.2 Å². The molecule has 1 aromatic rings. The topological polar surface area (TPSA) is 81.7 Å². The largest absolute Gasteiger partial charge is 0.378 e. The van der Waals surface area contributed by atoms with Gasteiger partial charge in [0.1, 0.15) is 5.82 Å². The number of anilines is 2. The molecule has 1 atom stereocenters. The van der Waals surface area contributed by atoms with Gasteiger partial charge in [-0.15, -0.1) is 0 Å². The number of hydrogen-bond acceptors (Lipinski definition) is 9. The van der Waals surface area contributed by atoms with Crippen LogP contribution in [0.2, 0.25) is 0 Å². The summed E-state index contributed by atoms with van der Waals surface area (Å²) in [5, 5.41) is 7.83. The number of piperidine rings is 2. The van der Waals surface area contributed by atoms with Crippen molar-refractivity contribution in [3.8, 4) is 0 Å². The van der Waals surface area contributed by atoms with Gasteiger partial charge in [0, 0.05) is 58.8 Å². The molecular weight excluding hydrogens is 536 g/mol. The average molecular weight is 601 g/mol. The van der Waals surface area contributed by atoms with Gasteiger partial charge in [-0.05, 0) is 94.4 Å². The molecule has 3 aliphatic heterocycles. The highest BCUT2D eigenvalue weighted by atomic mass is 16.5. The van der Waals surface area contributed by atoms with E-state index >= 15 is 0 Å². The van der Waals surface area contributed by atoms with E-state index in [9.17, 15) is 0 Å². The van der Waals surface area contributed by atoms with E-state index < -0.39 is 0 Å². The zero-order valence-electron chi connectivity index (χ0n) is 29.9. The van der Waals surface area contributed by atoms with Crippen molar-refractivity contribution in [2.45, 2.75) is 168 Å². The van der Waals surface area contributed by atoms with Crippen LogP contribution in [0.15, 0.2) is 0 Å². The highest BCUT2D eigenvalue weighted by Gasteiger charge is 2.45. The quantitative estimate of drug-likeness (QED) is 0.377. The summed E-state index contributed by atoms with van der Waals surface area (Å²) in [5.74, 6) is 2.46. The molecule has 1 aromatic heterocycles. The van der Waals surface area contributed by atoms with Crippen LogP contribution < -0.4 is 20.4 Å². The van der Waals surface area contributed by atoms with Gasteiger partial charge in [0.25, 0.3) is 0 Å². The van der Waals surface area contributed by atoms with Crippen LogP contribution >= 0.6 is 0 Å². The number of aromatic nitrogens is 3. The summed E-state index contributed by atoms with van der Waals surface area (Å²) in [5.41, 5.74) is -0.0683. The van der Waals surface area contributed by atoms with Crippen LogP contribution in [-0.4, -0.2) is 93.1 Å². The van der Waals surface area contributed by atoms with E-state index in [1.54, 1.807) is 0 Å². The standard InChI is InChI=1S/C34H64N8O/c1-14-24(2)41(25-19-31(6,7)38-32(8,9)20-25)23-42(26-21-33(10,11)39-34(12,13)22-26)29-36-27(30(3,4)5)35-28(37-29)40-15-17-43-18-16-40/h24-26,38-39H,14-23H2,1-13H3. The SMILES string of the molecule is CCC(C)N(CN(c1nc(N2CCOCC2)nc(C(C)(C)C)n1)C1CC(C)(C)NC(C)(C)C1)C1CC(C)(C)NC(C)(C)C1. The second-order valence-electron chi connectivity index (χ2n) is 17.4. The Labute approximate surface area is 263 Å². The summed E-state index contributed by atoms with van der Waals surface area (Å²) < 4.78 is 5.69. The minimum Gasteiger partial charge on any atom is -0.378 e. The van der Waals surface area contributed by atoms with Crippen molar-refractivity contribution in [1.82, 2.24) is 30.5 Å². The monoisotopic (exact) mass is 601 g/mol. The van der Waals surface area contributed by atoms with Gasteiger partial charge < -0.3 is 25.2 Å². The Morgan fingerprint density at radius 2 is 1.30 bits per heavy atom. The fraction of sp³-hybridized carbons (Fsp3) is 0.912. The Morgan fingerprint density at radius 1 is 0.814 bits per heavy atom. The lowest BCUT2D eigenvalue weighted by Crippen LogP contribution is -2.66. The predicted octanol–water partition coefficient (Wildman–Crippen LogP) is 5.49. The first-order chi connectivity index (χ1) is 19.7. The zero-order valence-corrected chi connectivity index (χ0v) is 29.9. The molecule has 0 radical (unpaired) electrons. The van der Waals surface area contributed by atoms with Crippen molar-refractivity contribution in [1.29, 1.82) is 0 Å². The molecule has 4 rings (SSSR count). The van der Waals surface area contributed by atoms with E-state index in [0.29, 0.717) is 25.3 Å². The average Bonchev–Trinajstić information content (AvgIpc) is 2.85. The second-order valence-corrected chi connectivity index (χ2v) is 17.4. The normalized spacial score (nSPS) is 25.1.